The van der Waals surface area contributed by atoms with Gasteiger partial charge < -0.3 is 24.4 Å². The molecule has 4 aromatic rings. The summed E-state index contributed by atoms with van der Waals surface area (Å²) in [5.74, 6) is 1.11. The number of ether oxygens (including phenoxy) is 3. The molecule has 2 amide bonds. The summed E-state index contributed by atoms with van der Waals surface area (Å²) in [6.07, 6.45) is 0.0767. The average molecular weight is 504 g/mol. The third-order valence-electron chi connectivity index (χ3n) is 6.29. The van der Waals surface area contributed by atoms with Crippen molar-refractivity contribution < 1.29 is 23.8 Å². The molecule has 9 heteroatoms. The Morgan fingerprint density at radius 2 is 1.53 bits per heavy atom. The first-order valence-corrected chi connectivity index (χ1v) is 12.2. The van der Waals surface area contributed by atoms with Gasteiger partial charge in [-0.15, -0.1) is 0 Å². The van der Waals surface area contributed by atoms with E-state index < -0.39 is 12.0 Å². The van der Waals surface area contributed by atoms with Crippen LogP contribution in [0, 0.1) is 5.92 Å². The summed E-state index contributed by atoms with van der Waals surface area (Å²) in [5, 5.41) is 3.43. The van der Waals surface area contributed by atoms with Crippen LogP contribution >= 0.6 is 11.3 Å². The number of amides is 2. The van der Waals surface area contributed by atoms with Gasteiger partial charge in [0.05, 0.1) is 43.5 Å². The molecule has 2 heterocycles. The highest BCUT2D eigenvalue weighted by Gasteiger charge is 2.45. The van der Waals surface area contributed by atoms with Crippen molar-refractivity contribution >= 4 is 44.2 Å². The number of thiazole rings is 1. The molecule has 0 unspecified atom stereocenters. The second-order valence-corrected chi connectivity index (χ2v) is 9.36. The van der Waals surface area contributed by atoms with Gasteiger partial charge in [0, 0.05) is 12.1 Å². The molecule has 0 aliphatic carbocycles. The fourth-order valence-corrected chi connectivity index (χ4v) is 5.38. The number of fused-ring (bicyclic) bond motifs is 1. The van der Waals surface area contributed by atoms with Gasteiger partial charge in [0.1, 0.15) is 17.2 Å². The molecule has 1 aliphatic rings. The Labute approximate surface area is 212 Å². The summed E-state index contributed by atoms with van der Waals surface area (Å²) in [5.41, 5.74) is 2.31. The van der Waals surface area contributed by atoms with Gasteiger partial charge in [-0.1, -0.05) is 23.5 Å². The van der Waals surface area contributed by atoms with Crippen LogP contribution in [-0.4, -0.2) is 38.1 Å². The largest absolute Gasteiger partial charge is 0.497 e. The highest BCUT2D eigenvalue weighted by atomic mass is 32.1. The minimum Gasteiger partial charge on any atom is -0.497 e. The molecule has 1 aromatic heterocycles. The lowest BCUT2D eigenvalue weighted by molar-refractivity contribution is -0.122. The van der Waals surface area contributed by atoms with Crippen LogP contribution in [0.3, 0.4) is 0 Å². The number of nitrogens with zero attached hydrogens (tertiary/aromatic N) is 2. The van der Waals surface area contributed by atoms with E-state index in [9.17, 15) is 9.59 Å². The third kappa shape index (κ3) is 4.45. The summed E-state index contributed by atoms with van der Waals surface area (Å²) in [4.78, 5) is 33.1. The number of hydrogen-bond donors (Lipinski definition) is 1. The molecule has 184 valence electrons. The number of carbonyl (C=O) groups is 2. The van der Waals surface area contributed by atoms with E-state index in [1.807, 2.05) is 54.6 Å². The number of nitrogens with one attached hydrogen (secondary N) is 1. The third-order valence-corrected chi connectivity index (χ3v) is 7.23. The maximum atomic E-state index is 13.6. The Kier molecular flexibility index (Phi) is 6.47. The Morgan fingerprint density at radius 1 is 0.917 bits per heavy atom. The normalized spacial score (nSPS) is 17.3. The van der Waals surface area contributed by atoms with Crippen molar-refractivity contribution in [2.75, 3.05) is 31.5 Å². The van der Waals surface area contributed by atoms with Gasteiger partial charge in [-0.25, -0.2) is 4.98 Å². The van der Waals surface area contributed by atoms with E-state index in [0.717, 1.165) is 21.5 Å². The number of anilines is 2. The first-order valence-electron chi connectivity index (χ1n) is 11.4. The molecule has 1 fully saturated rings. The van der Waals surface area contributed by atoms with Gasteiger partial charge in [-0.2, -0.15) is 0 Å². The monoisotopic (exact) mass is 503 g/mol. The molecule has 0 spiro atoms. The lowest BCUT2D eigenvalue weighted by Gasteiger charge is -2.28. The summed E-state index contributed by atoms with van der Waals surface area (Å²) in [7, 11) is 4.80. The van der Waals surface area contributed by atoms with Crippen LogP contribution in [0.5, 0.6) is 17.2 Å². The predicted molar refractivity (Wildman–Crippen MR) is 139 cm³/mol. The topological polar surface area (TPSA) is 90.0 Å². The van der Waals surface area contributed by atoms with Crippen molar-refractivity contribution in [2.24, 2.45) is 5.92 Å². The van der Waals surface area contributed by atoms with Crippen LogP contribution in [0.4, 0.5) is 10.8 Å². The molecule has 5 rings (SSSR count). The maximum Gasteiger partial charge on any atom is 0.232 e. The first kappa shape index (κ1) is 23.6. The zero-order valence-corrected chi connectivity index (χ0v) is 20.9. The molecule has 1 aliphatic heterocycles. The minimum atomic E-state index is -0.616. The molecule has 0 radical (unpaired) electrons. The molecule has 3 aromatic carbocycles. The Balaban J connectivity index is 1.48. The van der Waals surface area contributed by atoms with E-state index >= 15 is 0 Å². The number of aromatic nitrogens is 1. The van der Waals surface area contributed by atoms with E-state index in [1.54, 1.807) is 38.4 Å². The van der Waals surface area contributed by atoms with Crippen LogP contribution in [-0.2, 0) is 9.59 Å². The molecule has 36 heavy (non-hydrogen) atoms. The predicted octanol–water partition coefficient (Wildman–Crippen LogP) is 5.06. The van der Waals surface area contributed by atoms with Crippen molar-refractivity contribution in [3.05, 3.63) is 72.3 Å². The zero-order chi connectivity index (χ0) is 25.2. The first-order chi connectivity index (χ1) is 17.5. The van der Waals surface area contributed by atoms with E-state index in [1.165, 1.54) is 11.3 Å². The summed E-state index contributed by atoms with van der Waals surface area (Å²) in [6, 6.07) is 19.8. The van der Waals surface area contributed by atoms with Crippen LogP contribution in [0.2, 0.25) is 0 Å². The smallest absolute Gasteiger partial charge is 0.232 e. The van der Waals surface area contributed by atoms with Gasteiger partial charge in [0.2, 0.25) is 11.8 Å². The maximum absolute atomic E-state index is 13.6. The van der Waals surface area contributed by atoms with Crippen molar-refractivity contribution in [2.45, 2.75) is 12.5 Å². The fraction of sp³-hybridized carbons (Fsp3) is 0.222. The molecular formula is C27H25N3O5S. The van der Waals surface area contributed by atoms with Gasteiger partial charge in [0.25, 0.3) is 0 Å². The van der Waals surface area contributed by atoms with Crippen LogP contribution in [0.15, 0.2) is 66.7 Å². The summed E-state index contributed by atoms with van der Waals surface area (Å²) in [6.45, 7) is 0. The average Bonchev–Trinajstić information content (AvgIpc) is 3.48. The number of benzene rings is 3. The van der Waals surface area contributed by atoms with E-state index in [0.29, 0.717) is 22.3 Å². The number of rotatable bonds is 7. The molecule has 8 nitrogen and oxygen atoms in total. The SMILES string of the molecule is COc1ccc([C@@H]2[C@@H](C(=O)Nc3nc4ccc(OC)cc4s3)CC(=O)N2c2ccc(OC)cc2)cc1. The molecule has 1 N–H and O–H groups in total. The number of carbonyl (C=O) groups excluding carboxylic acids is 2. The summed E-state index contributed by atoms with van der Waals surface area (Å²) >= 11 is 1.37. The highest BCUT2D eigenvalue weighted by molar-refractivity contribution is 7.22. The van der Waals surface area contributed by atoms with Gasteiger partial charge >= 0.3 is 0 Å². The Bertz CT molecular complexity index is 1400. The molecule has 0 bridgehead atoms. The second-order valence-electron chi connectivity index (χ2n) is 8.33. The van der Waals surface area contributed by atoms with Crippen LogP contribution < -0.4 is 24.4 Å². The summed E-state index contributed by atoms with van der Waals surface area (Å²) < 4.78 is 16.8. The lowest BCUT2D eigenvalue weighted by Crippen LogP contribution is -2.32. The lowest BCUT2D eigenvalue weighted by atomic mass is 9.92. The number of methoxy groups -OCH3 is 3. The second kappa shape index (κ2) is 9.87. The van der Waals surface area contributed by atoms with Crippen molar-refractivity contribution in [3.8, 4) is 17.2 Å². The fourth-order valence-electron chi connectivity index (χ4n) is 4.48. The molecule has 1 saturated heterocycles. The zero-order valence-electron chi connectivity index (χ0n) is 20.1. The van der Waals surface area contributed by atoms with Gasteiger partial charge in [-0.3, -0.25) is 9.59 Å². The molecular weight excluding hydrogens is 478 g/mol. The van der Waals surface area contributed by atoms with E-state index in [2.05, 4.69) is 10.3 Å². The van der Waals surface area contributed by atoms with E-state index in [4.69, 9.17) is 14.2 Å². The highest BCUT2D eigenvalue weighted by Crippen LogP contribution is 2.43. The standard InChI is InChI=1S/C27H25N3O5S/c1-33-18-8-4-16(5-9-18)25-21(15-24(31)30(25)17-6-10-19(34-2)11-7-17)26(32)29-27-28-22-13-12-20(35-3)14-23(22)36-27/h4-14,21,25H,15H2,1-3H3,(H,28,29,32)/t21-,25+/m0/s1. The van der Waals surface area contributed by atoms with Gasteiger partial charge in [0.15, 0.2) is 5.13 Å². The molecule has 0 saturated carbocycles. The quantitative estimate of drug-likeness (QED) is 0.379. The van der Waals surface area contributed by atoms with Crippen molar-refractivity contribution in [1.29, 1.82) is 0 Å². The minimum absolute atomic E-state index is 0.0767. The Hall–Kier alpha value is -4.11. The van der Waals surface area contributed by atoms with Crippen molar-refractivity contribution in [3.63, 3.8) is 0 Å². The molecule has 2 atom stereocenters. The Morgan fingerprint density at radius 3 is 2.17 bits per heavy atom. The van der Waals surface area contributed by atoms with Crippen molar-refractivity contribution in [1.82, 2.24) is 4.98 Å². The van der Waals surface area contributed by atoms with Crippen LogP contribution in [0.25, 0.3) is 10.2 Å². The van der Waals surface area contributed by atoms with Crippen LogP contribution in [0.1, 0.15) is 18.0 Å². The van der Waals surface area contributed by atoms with E-state index in [-0.39, 0.29) is 18.2 Å². The van der Waals surface area contributed by atoms with Gasteiger partial charge in [-0.05, 0) is 60.2 Å². The number of hydrogen-bond acceptors (Lipinski definition) is 7.